The number of amides is 1. The van der Waals surface area contributed by atoms with E-state index in [-0.39, 0.29) is 22.0 Å². The van der Waals surface area contributed by atoms with E-state index in [4.69, 9.17) is 16.3 Å². The van der Waals surface area contributed by atoms with Crippen LogP contribution >= 0.6 is 11.6 Å². The summed E-state index contributed by atoms with van der Waals surface area (Å²) in [6.45, 7) is 1.56. The summed E-state index contributed by atoms with van der Waals surface area (Å²) in [4.78, 5) is 21.8. The second-order valence-corrected chi connectivity index (χ2v) is 5.05. The predicted octanol–water partition coefficient (Wildman–Crippen LogP) is 4.24. The van der Waals surface area contributed by atoms with Gasteiger partial charge in [-0.3, -0.25) is 10.1 Å². The van der Waals surface area contributed by atoms with Crippen molar-refractivity contribution < 1.29 is 18.8 Å². The molecular weight excluding hydrogens is 327 g/mol. The number of nitrogens with one attached hydrogen (secondary N) is 1. The minimum Gasteiger partial charge on any atom is -0.410 e. The average Bonchev–Trinajstić information content (AvgIpc) is 2.47. The van der Waals surface area contributed by atoms with Crippen molar-refractivity contribution in [3.63, 3.8) is 0 Å². The van der Waals surface area contributed by atoms with E-state index in [1.165, 1.54) is 42.5 Å². The molecule has 0 aliphatic rings. The number of carbonyl (C=O) groups excluding carboxylic acids is 1. The molecular formula is C15H12ClFN2O4. The van der Waals surface area contributed by atoms with Crippen LogP contribution < -0.4 is 10.1 Å². The number of nitro groups is 1. The van der Waals surface area contributed by atoms with Gasteiger partial charge in [-0.2, -0.15) is 0 Å². The zero-order valence-electron chi connectivity index (χ0n) is 12.0. The Kier molecular flexibility index (Phi) is 5.13. The minimum absolute atomic E-state index is 0.121. The number of nitro benzene ring substituents is 1. The van der Waals surface area contributed by atoms with Gasteiger partial charge < -0.3 is 10.1 Å². The van der Waals surface area contributed by atoms with Crippen molar-refractivity contribution in [3.8, 4) is 5.75 Å². The van der Waals surface area contributed by atoms with Crippen molar-refractivity contribution in [3.05, 3.63) is 69.0 Å². The third kappa shape index (κ3) is 4.17. The molecule has 0 saturated carbocycles. The number of nitrogens with zero attached hydrogens (tertiary/aromatic N) is 1. The van der Waals surface area contributed by atoms with Crippen LogP contribution in [0.25, 0.3) is 0 Å². The lowest BCUT2D eigenvalue weighted by atomic mass is 10.1. The van der Waals surface area contributed by atoms with E-state index in [9.17, 15) is 19.3 Å². The van der Waals surface area contributed by atoms with Crippen LogP contribution in [0.15, 0.2) is 42.5 Å². The molecule has 1 N–H and O–H groups in total. The summed E-state index contributed by atoms with van der Waals surface area (Å²) in [6, 6.07) is 8.50. The molecule has 0 saturated heterocycles. The first-order valence-corrected chi connectivity index (χ1v) is 6.93. The second kappa shape index (κ2) is 7.06. The van der Waals surface area contributed by atoms with E-state index in [1.54, 1.807) is 6.92 Å². The van der Waals surface area contributed by atoms with Crippen LogP contribution in [0.5, 0.6) is 5.75 Å². The third-order valence-corrected chi connectivity index (χ3v) is 3.35. The SMILES string of the molecule is CC(NC(=O)Oc1ccc([N+](=O)[O-])cc1)c1c(F)cccc1Cl. The summed E-state index contributed by atoms with van der Waals surface area (Å²) in [5.74, 6) is -0.416. The van der Waals surface area contributed by atoms with Crippen molar-refractivity contribution in [2.24, 2.45) is 0 Å². The summed E-state index contributed by atoms with van der Waals surface area (Å²) in [5, 5.41) is 13.2. The standard InChI is InChI=1S/C15H12ClFN2O4/c1-9(14-12(16)3-2-4-13(14)17)18-15(20)23-11-7-5-10(6-8-11)19(21)22/h2-9H,1H3,(H,18,20). The van der Waals surface area contributed by atoms with Crippen molar-refractivity contribution in [2.45, 2.75) is 13.0 Å². The first-order chi connectivity index (χ1) is 10.9. The van der Waals surface area contributed by atoms with Gasteiger partial charge in [0.15, 0.2) is 0 Å². The smallest absolute Gasteiger partial charge is 0.410 e. The zero-order valence-corrected chi connectivity index (χ0v) is 12.7. The fourth-order valence-electron chi connectivity index (χ4n) is 1.95. The highest BCUT2D eigenvalue weighted by Gasteiger charge is 2.18. The maximum absolute atomic E-state index is 13.8. The van der Waals surface area contributed by atoms with Gasteiger partial charge in [0.05, 0.1) is 11.0 Å². The van der Waals surface area contributed by atoms with Gasteiger partial charge in [-0.15, -0.1) is 0 Å². The quantitative estimate of drug-likeness (QED) is 0.668. The van der Waals surface area contributed by atoms with E-state index >= 15 is 0 Å². The number of hydrogen-bond donors (Lipinski definition) is 1. The van der Waals surface area contributed by atoms with Gasteiger partial charge in [-0.1, -0.05) is 17.7 Å². The number of non-ortho nitro benzene ring substituents is 1. The summed E-state index contributed by atoms with van der Waals surface area (Å²) in [5.41, 5.74) is 0.0269. The number of halogens is 2. The number of rotatable bonds is 4. The molecule has 0 fully saturated rings. The average molecular weight is 339 g/mol. The summed E-state index contributed by atoms with van der Waals surface area (Å²) in [7, 11) is 0. The first kappa shape index (κ1) is 16.7. The van der Waals surface area contributed by atoms with Crippen LogP contribution in [0.3, 0.4) is 0 Å². The van der Waals surface area contributed by atoms with Crippen molar-refractivity contribution in [2.75, 3.05) is 0 Å². The molecule has 2 rings (SSSR count). The van der Waals surface area contributed by atoms with Crippen LogP contribution in [0.2, 0.25) is 5.02 Å². The highest BCUT2D eigenvalue weighted by molar-refractivity contribution is 6.31. The molecule has 0 aliphatic heterocycles. The molecule has 6 nitrogen and oxygen atoms in total. The highest BCUT2D eigenvalue weighted by Crippen LogP contribution is 2.25. The van der Waals surface area contributed by atoms with E-state index in [0.717, 1.165) is 0 Å². The topological polar surface area (TPSA) is 81.5 Å². The van der Waals surface area contributed by atoms with Gasteiger partial charge in [0.25, 0.3) is 5.69 Å². The molecule has 8 heteroatoms. The Bertz CT molecular complexity index is 717. The number of benzene rings is 2. The van der Waals surface area contributed by atoms with E-state index < -0.39 is 22.9 Å². The lowest BCUT2D eigenvalue weighted by Gasteiger charge is -2.16. The Labute approximate surface area is 136 Å². The predicted molar refractivity (Wildman–Crippen MR) is 82.1 cm³/mol. The maximum Gasteiger partial charge on any atom is 0.413 e. The third-order valence-electron chi connectivity index (χ3n) is 3.03. The number of hydrogen-bond acceptors (Lipinski definition) is 4. The van der Waals surface area contributed by atoms with E-state index in [1.807, 2.05) is 0 Å². The van der Waals surface area contributed by atoms with Crippen LogP contribution in [-0.2, 0) is 0 Å². The Morgan fingerprint density at radius 2 is 1.96 bits per heavy atom. The number of ether oxygens (including phenoxy) is 1. The van der Waals surface area contributed by atoms with Gasteiger partial charge in [0, 0.05) is 22.7 Å². The molecule has 0 radical (unpaired) electrons. The maximum atomic E-state index is 13.8. The lowest BCUT2D eigenvalue weighted by molar-refractivity contribution is -0.384. The molecule has 0 aromatic heterocycles. The fraction of sp³-hybridized carbons (Fsp3) is 0.133. The number of carbonyl (C=O) groups is 1. The van der Waals surface area contributed by atoms with Crippen molar-refractivity contribution in [1.82, 2.24) is 5.32 Å². The molecule has 1 atom stereocenters. The van der Waals surface area contributed by atoms with Gasteiger partial charge in [-0.25, -0.2) is 9.18 Å². The molecule has 2 aromatic carbocycles. The van der Waals surface area contributed by atoms with E-state index in [2.05, 4.69) is 5.32 Å². The van der Waals surface area contributed by atoms with Crippen LogP contribution in [0.4, 0.5) is 14.9 Å². The normalized spacial score (nSPS) is 11.6. The molecule has 23 heavy (non-hydrogen) atoms. The fourth-order valence-corrected chi connectivity index (χ4v) is 2.27. The van der Waals surface area contributed by atoms with Gasteiger partial charge in [0.2, 0.25) is 0 Å². The Morgan fingerprint density at radius 1 is 1.30 bits per heavy atom. The van der Waals surface area contributed by atoms with Crippen LogP contribution in [0, 0.1) is 15.9 Å². The van der Waals surface area contributed by atoms with Gasteiger partial charge in [-0.05, 0) is 31.2 Å². The van der Waals surface area contributed by atoms with Crippen LogP contribution in [0.1, 0.15) is 18.5 Å². The summed E-state index contributed by atoms with van der Waals surface area (Å²) in [6.07, 6.45) is -0.828. The molecule has 1 amide bonds. The molecule has 0 heterocycles. The lowest BCUT2D eigenvalue weighted by Crippen LogP contribution is -2.30. The van der Waals surface area contributed by atoms with Crippen LogP contribution in [-0.4, -0.2) is 11.0 Å². The van der Waals surface area contributed by atoms with Gasteiger partial charge >= 0.3 is 6.09 Å². The Balaban J connectivity index is 2.03. The zero-order chi connectivity index (χ0) is 17.0. The molecule has 0 spiro atoms. The Morgan fingerprint density at radius 3 is 2.52 bits per heavy atom. The van der Waals surface area contributed by atoms with Crippen molar-refractivity contribution >= 4 is 23.4 Å². The van der Waals surface area contributed by atoms with Gasteiger partial charge in [0.1, 0.15) is 11.6 Å². The molecule has 1 unspecified atom stereocenters. The first-order valence-electron chi connectivity index (χ1n) is 6.55. The molecule has 0 aliphatic carbocycles. The van der Waals surface area contributed by atoms with E-state index in [0.29, 0.717) is 0 Å². The molecule has 120 valence electrons. The molecule has 2 aromatic rings. The van der Waals surface area contributed by atoms with Crippen molar-refractivity contribution in [1.29, 1.82) is 0 Å². The highest BCUT2D eigenvalue weighted by atomic mass is 35.5. The Hall–Kier alpha value is -2.67. The largest absolute Gasteiger partial charge is 0.413 e. The molecule has 0 bridgehead atoms. The minimum atomic E-state index is -0.828. The monoisotopic (exact) mass is 338 g/mol. The second-order valence-electron chi connectivity index (χ2n) is 4.64. The summed E-state index contributed by atoms with van der Waals surface area (Å²) >= 11 is 5.92. The summed E-state index contributed by atoms with van der Waals surface area (Å²) < 4.78 is 18.7.